The number of benzene rings is 1. The highest BCUT2D eigenvalue weighted by atomic mass is 19.4. The molecule has 174 valence electrons. The molecule has 0 bridgehead atoms. The molecule has 0 aliphatic carbocycles. The molecular weight excluding hydrogens is 457 g/mol. The number of hydrogen-bond acceptors (Lipinski definition) is 3. The molecule has 3 heterocycles. The highest BCUT2D eigenvalue weighted by Gasteiger charge is 2.36. The predicted molar refractivity (Wildman–Crippen MR) is 101 cm³/mol. The first-order chi connectivity index (χ1) is 15.4. The first-order valence-corrected chi connectivity index (χ1v) is 9.73. The first-order valence-electron chi connectivity index (χ1n) is 9.73. The lowest BCUT2D eigenvalue weighted by Crippen LogP contribution is -2.33. The van der Waals surface area contributed by atoms with E-state index in [1.54, 1.807) is 0 Å². The van der Waals surface area contributed by atoms with Crippen LogP contribution in [-0.2, 0) is 18.9 Å². The number of aryl methyl sites for hydroxylation is 1. The molecule has 0 fully saturated rings. The third-order valence-corrected chi connectivity index (χ3v) is 5.23. The lowest BCUT2D eigenvalue weighted by molar-refractivity contribution is -0.141. The van der Waals surface area contributed by atoms with Gasteiger partial charge in [-0.05, 0) is 43.2 Å². The largest absolute Gasteiger partial charge is 0.433 e. The number of halogens is 7. The van der Waals surface area contributed by atoms with Crippen molar-refractivity contribution in [2.24, 2.45) is 0 Å². The highest BCUT2D eigenvalue weighted by Crippen LogP contribution is 2.34. The van der Waals surface area contributed by atoms with Crippen molar-refractivity contribution in [2.45, 2.75) is 37.8 Å². The summed E-state index contributed by atoms with van der Waals surface area (Å²) in [5, 5.41) is 6.80. The van der Waals surface area contributed by atoms with Gasteiger partial charge in [0.15, 0.2) is 0 Å². The van der Waals surface area contributed by atoms with E-state index in [1.165, 1.54) is 16.8 Å². The van der Waals surface area contributed by atoms with Crippen LogP contribution >= 0.6 is 0 Å². The van der Waals surface area contributed by atoms with Crippen LogP contribution in [0.5, 0.6) is 0 Å². The Labute approximate surface area is 182 Å². The van der Waals surface area contributed by atoms with Gasteiger partial charge in [0.25, 0.3) is 5.91 Å². The second kappa shape index (κ2) is 8.16. The molecule has 1 aromatic carbocycles. The fourth-order valence-corrected chi connectivity index (χ4v) is 3.68. The number of nitrogens with zero attached hydrogens (tertiary/aromatic N) is 3. The van der Waals surface area contributed by atoms with Crippen molar-refractivity contribution in [2.75, 3.05) is 0 Å². The maximum atomic E-state index is 14.3. The second-order valence-corrected chi connectivity index (χ2v) is 7.44. The summed E-state index contributed by atoms with van der Waals surface area (Å²) in [7, 11) is 0. The zero-order valence-electron chi connectivity index (χ0n) is 16.6. The molecule has 33 heavy (non-hydrogen) atoms. The normalized spacial score (nSPS) is 16.4. The molecule has 0 spiro atoms. The standard InChI is InChI=1S/C21H15F7N4O/c22-18-12(3-1-4-13(18)20(23,24)25)19(33)30-14-5-2-8-32-16(14)10-15(31-32)11-6-7-29-17(9-11)21(26,27)28/h1,3-4,6-7,9-10,14H,2,5,8H2,(H,30,33). The number of rotatable bonds is 3. The molecule has 12 heteroatoms. The molecule has 1 atom stereocenters. The van der Waals surface area contributed by atoms with Gasteiger partial charge in [-0.25, -0.2) is 4.39 Å². The van der Waals surface area contributed by atoms with Crippen LogP contribution in [0.2, 0.25) is 0 Å². The SMILES string of the molecule is O=C(NC1CCCn2nc(-c3ccnc(C(F)(F)F)c3)cc21)c1cccc(C(F)(F)F)c1F. The molecule has 0 saturated carbocycles. The molecular formula is C21H15F7N4O. The lowest BCUT2D eigenvalue weighted by atomic mass is 10.0. The second-order valence-electron chi connectivity index (χ2n) is 7.44. The number of hydrogen-bond donors (Lipinski definition) is 1. The molecule has 1 amide bonds. The van der Waals surface area contributed by atoms with E-state index in [4.69, 9.17) is 0 Å². The van der Waals surface area contributed by atoms with Crippen molar-refractivity contribution in [1.82, 2.24) is 20.1 Å². The van der Waals surface area contributed by atoms with Crippen LogP contribution in [0.4, 0.5) is 30.7 Å². The molecule has 3 aromatic rings. The molecule has 1 unspecified atom stereocenters. The van der Waals surface area contributed by atoms with Crippen molar-refractivity contribution in [1.29, 1.82) is 0 Å². The summed E-state index contributed by atoms with van der Waals surface area (Å²) in [6, 6.07) is 5.40. The average Bonchev–Trinajstić information content (AvgIpc) is 3.18. The van der Waals surface area contributed by atoms with Crippen LogP contribution < -0.4 is 5.32 Å². The van der Waals surface area contributed by atoms with Gasteiger partial charge in [0.1, 0.15) is 11.5 Å². The van der Waals surface area contributed by atoms with Crippen LogP contribution in [0, 0.1) is 5.82 Å². The smallest absolute Gasteiger partial charge is 0.344 e. The number of carbonyl (C=O) groups is 1. The average molecular weight is 472 g/mol. The van der Waals surface area contributed by atoms with Crippen molar-refractivity contribution in [3.63, 3.8) is 0 Å². The molecule has 5 nitrogen and oxygen atoms in total. The summed E-state index contributed by atoms with van der Waals surface area (Å²) in [5.41, 5.74) is -2.58. The Morgan fingerprint density at radius 2 is 1.82 bits per heavy atom. The molecule has 0 saturated heterocycles. The summed E-state index contributed by atoms with van der Waals surface area (Å²) in [6.45, 7) is 0.427. The fraction of sp³-hybridized carbons (Fsp3) is 0.286. The third kappa shape index (κ3) is 4.55. The van der Waals surface area contributed by atoms with Gasteiger partial charge in [-0.3, -0.25) is 14.5 Å². The van der Waals surface area contributed by atoms with E-state index in [0.717, 1.165) is 24.4 Å². The Balaban J connectivity index is 1.62. The molecule has 1 N–H and O–H groups in total. The number of carbonyl (C=O) groups excluding carboxylic acids is 1. The van der Waals surface area contributed by atoms with Crippen LogP contribution in [-0.4, -0.2) is 20.7 Å². The van der Waals surface area contributed by atoms with Gasteiger partial charge in [-0.1, -0.05) is 6.07 Å². The lowest BCUT2D eigenvalue weighted by Gasteiger charge is -2.24. The molecule has 1 aliphatic heterocycles. The van der Waals surface area contributed by atoms with Gasteiger partial charge in [-0.2, -0.15) is 31.4 Å². The predicted octanol–water partition coefficient (Wildman–Crippen LogP) is 5.39. The zero-order valence-corrected chi connectivity index (χ0v) is 16.6. The van der Waals surface area contributed by atoms with E-state index in [0.29, 0.717) is 31.1 Å². The monoisotopic (exact) mass is 472 g/mol. The van der Waals surface area contributed by atoms with Crippen molar-refractivity contribution >= 4 is 5.91 Å². The van der Waals surface area contributed by atoms with Crippen molar-refractivity contribution < 1.29 is 35.5 Å². The molecule has 4 rings (SSSR count). The van der Waals surface area contributed by atoms with E-state index in [2.05, 4.69) is 15.4 Å². The van der Waals surface area contributed by atoms with Crippen LogP contribution in [0.1, 0.15) is 46.2 Å². The summed E-state index contributed by atoms with van der Waals surface area (Å²) < 4.78 is 93.6. The highest BCUT2D eigenvalue weighted by molar-refractivity contribution is 5.95. The van der Waals surface area contributed by atoms with E-state index in [-0.39, 0.29) is 11.3 Å². The Kier molecular flexibility index (Phi) is 5.62. The molecule has 0 radical (unpaired) electrons. The minimum atomic E-state index is -4.96. The minimum Gasteiger partial charge on any atom is -0.344 e. The van der Waals surface area contributed by atoms with Crippen molar-refractivity contribution in [3.05, 3.63) is 70.9 Å². The number of fused-ring (bicyclic) bond motifs is 1. The van der Waals surface area contributed by atoms with E-state index < -0.39 is 46.9 Å². The van der Waals surface area contributed by atoms with Crippen LogP contribution in [0.25, 0.3) is 11.3 Å². The number of aromatic nitrogens is 3. The van der Waals surface area contributed by atoms with E-state index in [1.807, 2.05) is 0 Å². The van der Waals surface area contributed by atoms with Crippen LogP contribution in [0.15, 0.2) is 42.6 Å². The number of alkyl halides is 6. The summed E-state index contributed by atoms with van der Waals surface area (Å²) >= 11 is 0. The van der Waals surface area contributed by atoms with Gasteiger partial charge < -0.3 is 5.32 Å². The van der Waals surface area contributed by atoms with Gasteiger partial charge in [0, 0.05) is 18.3 Å². The third-order valence-electron chi connectivity index (χ3n) is 5.23. The zero-order chi connectivity index (χ0) is 24.0. The molecule has 1 aliphatic rings. The quantitative estimate of drug-likeness (QED) is 0.521. The van der Waals surface area contributed by atoms with Gasteiger partial charge in [-0.15, -0.1) is 0 Å². The minimum absolute atomic E-state index is 0.160. The molecule has 2 aromatic heterocycles. The maximum absolute atomic E-state index is 14.3. The first kappa shape index (κ1) is 22.7. The number of nitrogens with one attached hydrogen (secondary N) is 1. The van der Waals surface area contributed by atoms with Gasteiger partial charge in [0.05, 0.1) is 28.6 Å². The fourth-order valence-electron chi connectivity index (χ4n) is 3.68. The summed E-state index contributed by atoms with van der Waals surface area (Å²) in [5.74, 6) is -2.72. The Bertz CT molecular complexity index is 1200. The Morgan fingerprint density at radius 1 is 1.06 bits per heavy atom. The maximum Gasteiger partial charge on any atom is 0.433 e. The van der Waals surface area contributed by atoms with E-state index in [9.17, 15) is 35.5 Å². The number of amides is 1. The Morgan fingerprint density at radius 3 is 2.52 bits per heavy atom. The van der Waals surface area contributed by atoms with Gasteiger partial charge in [0.2, 0.25) is 0 Å². The van der Waals surface area contributed by atoms with E-state index >= 15 is 0 Å². The summed E-state index contributed by atoms with van der Waals surface area (Å²) in [6.07, 6.45) is -7.67. The summed E-state index contributed by atoms with van der Waals surface area (Å²) in [4.78, 5) is 15.9. The Hall–Kier alpha value is -3.44. The van der Waals surface area contributed by atoms with Crippen LogP contribution in [0.3, 0.4) is 0 Å². The number of pyridine rings is 1. The topological polar surface area (TPSA) is 59.8 Å². The van der Waals surface area contributed by atoms with Crippen molar-refractivity contribution in [3.8, 4) is 11.3 Å². The van der Waals surface area contributed by atoms with Gasteiger partial charge >= 0.3 is 12.4 Å².